The maximum Gasteiger partial charge on any atom is 0.0667 e. The molecule has 4 heteroatoms. The molecule has 0 saturated carbocycles. The van der Waals surface area contributed by atoms with Crippen molar-refractivity contribution < 1.29 is 0 Å². The number of thiophene rings is 1. The van der Waals surface area contributed by atoms with E-state index in [0.29, 0.717) is 0 Å². The van der Waals surface area contributed by atoms with Crippen LogP contribution in [0.2, 0.25) is 0 Å². The molecule has 2 aromatic rings. The zero-order chi connectivity index (χ0) is 9.97. The molecule has 1 unspecified atom stereocenters. The van der Waals surface area contributed by atoms with Crippen molar-refractivity contribution in [2.24, 2.45) is 5.73 Å². The molecule has 3 nitrogen and oxygen atoms in total. The van der Waals surface area contributed by atoms with Crippen molar-refractivity contribution in [3.63, 3.8) is 0 Å². The molecule has 0 aromatic carbocycles. The lowest BCUT2D eigenvalue weighted by Crippen LogP contribution is -2.03. The number of nitrogens with two attached hydrogens (primary N) is 1. The first-order valence-electron chi connectivity index (χ1n) is 4.54. The molecule has 14 heavy (non-hydrogen) atoms. The van der Waals surface area contributed by atoms with Crippen LogP contribution in [0.25, 0.3) is 0 Å². The van der Waals surface area contributed by atoms with E-state index in [1.54, 1.807) is 11.3 Å². The Morgan fingerprint density at radius 3 is 3.07 bits per heavy atom. The largest absolute Gasteiger partial charge is 0.324 e. The topological polar surface area (TPSA) is 43.8 Å². The van der Waals surface area contributed by atoms with Crippen LogP contribution in [0.15, 0.2) is 29.2 Å². The van der Waals surface area contributed by atoms with Gasteiger partial charge >= 0.3 is 0 Å². The normalized spacial score (nSPS) is 13.0. The van der Waals surface area contributed by atoms with Crippen molar-refractivity contribution in [1.82, 2.24) is 9.78 Å². The summed E-state index contributed by atoms with van der Waals surface area (Å²) in [6, 6.07) is 2.17. The van der Waals surface area contributed by atoms with Crippen LogP contribution in [-0.4, -0.2) is 9.78 Å². The van der Waals surface area contributed by atoms with Crippen LogP contribution in [0.3, 0.4) is 0 Å². The quantitative estimate of drug-likeness (QED) is 0.836. The Morgan fingerprint density at radius 1 is 1.64 bits per heavy atom. The predicted molar refractivity (Wildman–Crippen MR) is 58.3 cm³/mol. The van der Waals surface area contributed by atoms with Gasteiger partial charge < -0.3 is 5.73 Å². The fourth-order valence-electron chi connectivity index (χ4n) is 1.27. The second kappa shape index (κ2) is 3.94. The average molecular weight is 207 g/mol. The van der Waals surface area contributed by atoms with Crippen molar-refractivity contribution in [2.45, 2.75) is 19.5 Å². The minimum atomic E-state index is 0.0613. The lowest BCUT2D eigenvalue weighted by atomic mass is 10.2. The summed E-state index contributed by atoms with van der Waals surface area (Å²) >= 11 is 1.71. The lowest BCUT2D eigenvalue weighted by molar-refractivity contribution is 0.686. The SMILES string of the molecule is CC(N)c1cnn(Cc2ccsc2)c1. The third kappa shape index (κ3) is 2.02. The zero-order valence-corrected chi connectivity index (χ0v) is 8.87. The molecule has 0 spiro atoms. The van der Waals surface area contributed by atoms with E-state index >= 15 is 0 Å². The summed E-state index contributed by atoms with van der Waals surface area (Å²) in [4.78, 5) is 0. The van der Waals surface area contributed by atoms with Crippen LogP contribution >= 0.6 is 11.3 Å². The Labute approximate surface area is 87.2 Å². The standard InChI is InChI=1S/C10H13N3S/c1-8(11)10-4-12-13(6-10)5-9-2-3-14-7-9/h2-4,6-8H,5,11H2,1H3. The minimum absolute atomic E-state index is 0.0613. The summed E-state index contributed by atoms with van der Waals surface area (Å²) < 4.78 is 1.92. The summed E-state index contributed by atoms with van der Waals surface area (Å²) in [5, 5.41) is 8.46. The molecule has 0 amide bonds. The van der Waals surface area contributed by atoms with Gasteiger partial charge in [0, 0.05) is 17.8 Å². The van der Waals surface area contributed by atoms with Gasteiger partial charge in [0.15, 0.2) is 0 Å². The molecular weight excluding hydrogens is 194 g/mol. The van der Waals surface area contributed by atoms with E-state index in [1.165, 1.54) is 5.56 Å². The molecule has 2 heterocycles. The van der Waals surface area contributed by atoms with Gasteiger partial charge in [0.2, 0.25) is 0 Å². The van der Waals surface area contributed by atoms with E-state index in [4.69, 9.17) is 5.73 Å². The average Bonchev–Trinajstić information content (AvgIpc) is 2.75. The fourth-order valence-corrected chi connectivity index (χ4v) is 1.93. The van der Waals surface area contributed by atoms with E-state index in [1.807, 2.05) is 24.0 Å². The van der Waals surface area contributed by atoms with Gasteiger partial charge in [-0.15, -0.1) is 0 Å². The summed E-state index contributed by atoms with van der Waals surface area (Å²) in [5.41, 5.74) is 8.12. The third-order valence-electron chi connectivity index (χ3n) is 2.10. The van der Waals surface area contributed by atoms with Crippen LogP contribution in [0.4, 0.5) is 0 Å². The first kappa shape index (κ1) is 9.43. The van der Waals surface area contributed by atoms with Crippen LogP contribution in [0, 0.1) is 0 Å². The van der Waals surface area contributed by atoms with Gasteiger partial charge in [-0.1, -0.05) is 0 Å². The van der Waals surface area contributed by atoms with Crippen molar-refractivity contribution >= 4 is 11.3 Å². The molecule has 74 valence electrons. The highest BCUT2D eigenvalue weighted by Gasteiger charge is 2.03. The number of hydrogen-bond acceptors (Lipinski definition) is 3. The number of nitrogens with zero attached hydrogens (tertiary/aromatic N) is 2. The summed E-state index contributed by atoms with van der Waals surface area (Å²) in [6.07, 6.45) is 3.83. The molecular formula is C10H13N3S. The van der Waals surface area contributed by atoms with Crippen LogP contribution in [0.1, 0.15) is 24.1 Å². The fraction of sp³-hybridized carbons (Fsp3) is 0.300. The second-order valence-electron chi connectivity index (χ2n) is 3.39. The first-order chi connectivity index (χ1) is 6.75. The highest BCUT2D eigenvalue weighted by Crippen LogP contribution is 2.11. The number of hydrogen-bond donors (Lipinski definition) is 1. The van der Waals surface area contributed by atoms with E-state index in [2.05, 4.69) is 21.9 Å². The van der Waals surface area contributed by atoms with Gasteiger partial charge in [-0.2, -0.15) is 16.4 Å². The third-order valence-corrected chi connectivity index (χ3v) is 2.84. The summed E-state index contributed by atoms with van der Waals surface area (Å²) in [6.45, 7) is 2.79. The molecule has 0 radical (unpaired) electrons. The first-order valence-corrected chi connectivity index (χ1v) is 5.49. The number of aromatic nitrogens is 2. The van der Waals surface area contributed by atoms with E-state index in [9.17, 15) is 0 Å². The monoisotopic (exact) mass is 207 g/mol. The van der Waals surface area contributed by atoms with Gasteiger partial charge in [-0.25, -0.2) is 0 Å². The molecule has 1 atom stereocenters. The van der Waals surface area contributed by atoms with Gasteiger partial charge in [0.25, 0.3) is 0 Å². The molecule has 0 aliphatic rings. The smallest absolute Gasteiger partial charge is 0.0667 e. The maximum atomic E-state index is 5.75. The van der Waals surface area contributed by atoms with E-state index in [0.717, 1.165) is 12.1 Å². The van der Waals surface area contributed by atoms with Gasteiger partial charge in [0.1, 0.15) is 0 Å². The van der Waals surface area contributed by atoms with Crippen molar-refractivity contribution in [3.05, 3.63) is 40.3 Å². The van der Waals surface area contributed by atoms with Crippen LogP contribution < -0.4 is 5.73 Å². The van der Waals surface area contributed by atoms with Crippen molar-refractivity contribution in [3.8, 4) is 0 Å². The second-order valence-corrected chi connectivity index (χ2v) is 4.17. The molecule has 0 aliphatic heterocycles. The Morgan fingerprint density at radius 2 is 2.50 bits per heavy atom. The Hall–Kier alpha value is -1.13. The Bertz CT molecular complexity index is 389. The Balaban J connectivity index is 2.11. The molecule has 0 aliphatic carbocycles. The van der Waals surface area contributed by atoms with Crippen LogP contribution in [0.5, 0.6) is 0 Å². The zero-order valence-electron chi connectivity index (χ0n) is 8.05. The van der Waals surface area contributed by atoms with Crippen molar-refractivity contribution in [2.75, 3.05) is 0 Å². The Kier molecular flexibility index (Phi) is 2.65. The van der Waals surface area contributed by atoms with Crippen molar-refractivity contribution in [1.29, 1.82) is 0 Å². The minimum Gasteiger partial charge on any atom is -0.324 e. The molecule has 2 N–H and O–H groups in total. The van der Waals surface area contributed by atoms with Gasteiger partial charge in [-0.05, 0) is 29.3 Å². The highest BCUT2D eigenvalue weighted by molar-refractivity contribution is 7.07. The predicted octanol–water partition coefficient (Wildman–Crippen LogP) is 2.01. The summed E-state index contributed by atoms with van der Waals surface area (Å²) in [5.74, 6) is 0. The van der Waals surface area contributed by atoms with Gasteiger partial charge in [-0.3, -0.25) is 4.68 Å². The summed E-state index contributed by atoms with van der Waals surface area (Å²) in [7, 11) is 0. The van der Waals surface area contributed by atoms with Crippen LogP contribution in [-0.2, 0) is 6.54 Å². The molecule has 0 fully saturated rings. The number of rotatable bonds is 3. The molecule has 2 rings (SSSR count). The maximum absolute atomic E-state index is 5.75. The molecule has 0 bridgehead atoms. The van der Waals surface area contributed by atoms with E-state index < -0.39 is 0 Å². The molecule has 2 aromatic heterocycles. The lowest BCUT2D eigenvalue weighted by Gasteiger charge is -1.99. The molecule has 0 saturated heterocycles. The highest BCUT2D eigenvalue weighted by atomic mass is 32.1. The van der Waals surface area contributed by atoms with Gasteiger partial charge in [0.05, 0.1) is 12.7 Å². The van der Waals surface area contributed by atoms with E-state index in [-0.39, 0.29) is 6.04 Å².